The quantitative estimate of drug-likeness (QED) is 0.343. The van der Waals surface area contributed by atoms with E-state index < -0.39 is 11.9 Å². The molecule has 1 aliphatic rings. The summed E-state index contributed by atoms with van der Waals surface area (Å²) in [5, 5.41) is 18.3. The third-order valence-electron chi connectivity index (χ3n) is 5.51. The molecule has 0 aliphatic carbocycles. The zero-order valence-electron chi connectivity index (χ0n) is 18.8. The minimum absolute atomic E-state index is 0.192. The Morgan fingerprint density at radius 3 is 1.85 bits per heavy atom. The molecule has 0 bridgehead atoms. The Bertz CT molecular complexity index is 975. The third-order valence-corrected chi connectivity index (χ3v) is 5.51. The minimum Gasteiger partial charge on any atom is -0.492 e. The zero-order chi connectivity index (χ0) is 24.2. The Labute approximate surface area is 199 Å². The summed E-state index contributed by atoms with van der Waals surface area (Å²) in [5.41, 5.74) is 2.11. The van der Waals surface area contributed by atoms with Crippen molar-refractivity contribution in [3.63, 3.8) is 0 Å². The fraction of sp³-hybridized carbons (Fsp3) is 0.259. The summed E-state index contributed by atoms with van der Waals surface area (Å²) in [4.78, 5) is 18.2. The van der Waals surface area contributed by atoms with Crippen molar-refractivity contribution in [3.05, 3.63) is 102 Å². The van der Waals surface area contributed by atoms with Crippen molar-refractivity contribution < 1.29 is 29.3 Å². The highest BCUT2D eigenvalue weighted by molar-refractivity contribution is 6.27. The van der Waals surface area contributed by atoms with Crippen molar-refractivity contribution in [2.45, 2.75) is 24.5 Å². The Morgan fingerprint density at radius 2 is 1.35 bits per heavy atom. The standard InChI is InChI=1S/C25H27NO2.C2H2O4/c1-4-10-21(11-5-1)25(22-12-6-2-7-13-22)17-16-24(28-25)20-26-18-19-27-23-14-8-3-9-15-23;3-1(4)2(5)6/h1-15,24,26H,16-20H2;(H,3,4)(H,5,6). The van der Waals surface area contributed by atoms with Crippen LogP contribution in [0.4, 0.5) is 0 Å². The monoisotopic (exact) mass is 463 g/mol. The van der Waals surface area contributed by atoms with Gasteiger partial charge in [-0.25, -0.2) is 9.59 Å². The van der Waals surface area contributed by atoms with E-state index in [1.165, 1.54) is 11.1 Å². The van der Waals surface area contributed by atoms with Gasteiger partial charge >= 0.3 is 11.9 Å². The lowest BCUT2D eigenvalue weighted by Crippen LogP contribution is -2.33. The highest BCUT2D eigenvalue weighted by Gasteiger charge is 2.42. The van der Waals surface area contributed by atoms with Crippen LogP contribution in [0.3, 0.4) is 0 Å². The topological polar surface area (TPSA) is 105 Å². The Hall–Kier alpha value is -3.68. The molecule has 1 aliphatic heterocycles. The van der Waals surface area contributed by atoms with Gasteiger partial charge in [0.15, 0.2) is 0 Å². The largest absolute Gasteiger partial charge is 0.492 e. The van der Waals surface area contributed by atoms with Gasteiger partial charge in [-0.1, -0.05) is 78.9 Å². The fourth-order valence-corrected chi connectivity index (χ4v) is 3.94. The van der Waals surface area contributed by atoms with Crippen molar-refractivity contribution in [3.8, 4) is 5.75 Å². The summed E-state index contributed by atoms with van der Waals surface area (Å²) in [5.74, 6) is -2.74. The van der Waals surface area contributed by atoms with E-state index in [9.17, 15) is 0 Å². The van der Waals surface area contributed by atoms with Crippen LogP contribution in [0.1, 0.15) is 24.0 Å². The molecule has 3 aromatic carbocycles. The summed E-state index contributed by atoms with van der Waals surface area (Å²) in [6.45, 7) is 2.29. The molecule has 1 unspecified atom stereocenters. The number of carboxylic acids is 2. The predicted octanol–water partition coefficient (Wildman–Crippen LogP) is 3.93. The second-order valence-corrected chi connectivity index (χ2v) is 7.81. The highest BCUT2D eigenvalue weighted by Crippen LogP contribution is 2.44. The van der Waals surface area contributed by atoms with Gasteiger partial charge in [-0.05, 0) is 36.1 Å². The molecule has 3 N–H and O–H groups in total. The summed E-state index contributed by atoms with van der Waals surface area (Å²) in [7, 11) is 0. The van der Waals surface area contributed by atoms with Crippen LogP contribution in [0.15, 0.2) is 91.0 Å². The first-order valence-electron chi connectivity index (χ1n) is 11.1. The molecule has 0 spiro atoms. The maximum atomic E-state index is 9.10. The Kier molecular flexibility index (Phi) is 9.20. The van der Waals surface area contributed by atoms with Crippen molar-refractivity contribution >= 4 is 11.9 Å². The second-order valence-electron chi connectivity index (χ2n) is 7.81. The van der Waals surface area contributed by atoms with Gasteiger partial charge in [0.2, 0.25) is 0 Å². The van der Waals surface area contributed by atoms with E-state index in [4.69, 9.17) is 29.3 Å². The van der Waals surface area contributed by atoms with Crippen LogP contribution in [-0.2, 0) is 19.9 Å². The van der Waals surface area contributed by atoms with E-state index in [0.717, 1.165) is 31.7 Å². The number of carboxylic acid groups (broad SMARTS) is 2. The Balaban J connectivity index is 0.000000481. The number of hydrogen-bond acceptors (Lipinski definition) is 5. The number of aliphatic carboxylic acids is 2. The molecule has 7 nitrogen and oxygen atoms in total. The van der Waals surface area contributed by atoms with E-state index in [1.807, 2.05) is 30.3 Å². The highest BCUT2D eigenvalue weighted by atomic mass is 16.5. The number of para-hydroxylation sites is 1. The summed E-state index contributed by atoms with van der Waals surface area (Å²) < 4.78 is 12.4. The van der Waals surface area contributed by atoms with Gasteiger partial charge in [0.1, 0.15) is 18.0 Å². The van der Waals surface area contributed by atoms with Crippen molar-refractivity contribution in [1.29, 1.82) is 0 Å². The summed E-state index contributed by atoms with van der Waals surface area (Å²) >= 11 is 0. The predicted molar refractivity (Wildman–Crippen MR) is 128 cm³/mol. The molecule has 7 heteroatoms. The lowest BCUT2D eigenvalue weighted by molar-refractivity contribution is -0.159. The molecule has 34 heavy (non-hydrogen) atoms. The lowest BCUT2D eigenvalue weighted by Gasteiger charge is -2.31. The van der Waals surface area contributed by atoms with E-state index in [-0.39, 0.29) is 11.7 Å². The SMILES string of the molecule is O=C(O)C(=O)O.c1ccc(OCCNCC2CCC(c3ccccc3)(c3ccccc3)O2)cc1. The van der Waals surface area contributed by atoms with Crippen LogP contribution in [0, 0.1) is 0 Å². The average Bonchev–Trinajstić information content (AvgIpc) is 3.31. The maximum absolute atomic E-state index is 9.10. The Morgan fingerprint density at radius 1 is 0.853 bits per heavy atom. The first kappa shape index (κ1) is 25.0. The molecule has 1 atom stereocenters. The molecule has 1 heterocycles. The number of benzene rings is 3. The molecule has 178 valence electrons. The molecule has 1 saturated heterocycles. The number of nitrogens with one attached hydrogen (secondary N) is 1. The number of ether oxygens (including phenoxy) is 2. The van der Waals surface area contributed by atoms with Crippen LogP contribution in [0.2, 0.25) is 0 Å². The van der Waals surface area contributed by atoms with Crippen LogP contribution in [-0.4, -0.2) is 48.0 Å². The number of hydrogen-bond donors (Lipinski definition) is 3. The van der Waals surface area contributed by atoms with Crippen molar-refractivity contribution in [1.82, 2.24) is 5.32 Å². The van der Waals surface area contributed by atoms with Gasteiger partial charge < -0.3 is 25.0 Å². The van der Waals surface area contributed by atoms with Gasteiger partial charge in [-0.15, -0.1) is 0 Å². The molecule has 0 aromatic heterocycles. The summed E-state index contributed by atoms with van der Waals surface area (Å²) in [6.07, 6.45) is 2.22. The smallest absolute Gasteiger partial charge is 0.414 e. The van der Waals surface area contributed by atoms with Crippen LogP contribution < -0.4 is 10.1 Å². The van der Waals surface area contributed by atoms with E-state index >= 15 is 0 Å². The number of carbonyl (C=O) groups is 2. The minimum atomic E-state index is -1.82. The van der Waals surface area contributed by atoms with E-state index in [0.29, 0.717) is 6.61 Å². The van der Waals surface area contributed by atoms with E-state index in [1.54, 1.807) is 0 Å². The molecule has 1 fully saturated rings. The van der Waals surface area contributed by atoms with Crippen LogP contribution >= 0.6 is 0 Å². The van der Waals surface area contributed by atoms with Crippen LogP contribution in [0.25, 0.3) is 0 Å². The first-order chi connectivity index (χ1) is 16.5. The van der Waals surface area contributed by atoms with Gasteiger partial charge in [0, 0.05) is 13.1 Å². The molecule has 0 radical (unpaired) electrons. The lowest BCUT2D eigenvalue weighted by atomic mass is 9.84. The first-order valence-corrected chi connectivity index (χ1v) is 11.1. The van der Waals surface area contributed by atoms with Gasteiger partial charge in [0.05, 0.1) is 6.10 Å². The molecule has 0 amide bonds. The molecule has 0 saturated carbocycles. The van der Waals surface area contributed by atoms with Gasteiger partial charge in [-0.2, -0.15) is 0 Å². The van der Waals surface area contributed by atoms with E-state index in [2.05, 4.69) is 66.0 Å². The normalized spacial score (nSPS) is 16.2. The summed E-state index contributed by atoms with van der Waals surface area (Å²) in [6, 6.07) is 31.1. The molecule has 3 aromatic rings. The van der Waals surface area contributed by atoms with Crippen molar-refractivity contribution in [2.24, 2.45) is 0 Å². The maximum Gasteiger partial charge on any atom is 0.414 e. The van der Waals surface area contributed by atoms with Crippen LogP contribution in [0.5, 0.6) is 5.75 Å². The zero-order valence-corrected chi connectivity index (χ0v) is 18.8. The number of rotatable bonds is 8. The van der Waals surface area contributed by atoms with Crippen molar-refractivity contribution in [2.75, 3.05) is 19.7 Å². The third kappa shape index (κ3) is 6.91. The average molecular weight is 464 g/mol. The molecular formula is C27H29NO6. The second kappa shape index (κ2) is 12.5. The molecular weight excluding hydrogens is 434 g/mol. The van der Waals surface area contributed by atoms with Gasteiger partial charge in [0.25, 0.3) is 0 Å². The fourth-order valence-electron chi connectivity index (χ4n) is 3.94. The molecule has 4 rings (SSSR count). The van der Waals surface area contributed by atoms with Gasteiger partial charge in [-0.3, -0.25) is 0 Å².